The molecule has 200 valence electrons. The maximum Gasteiger partial charge on any atom is 0.295 e. The van der Waals surface area contributed by atoms with E-state index >= 15 is 0 Å². The van der Waals surface area contributed by atoms with Crippen molar-refractivity contribution in [1.29, 1.82) is 0 Å². The number of aldehydes is 1. The van der Waals surface area contributed by atoms with Gasteiger partial charge in [-0.2, -0.15) is 9.97 Å². The van der Waals surface area contributed by atoms with Crippen molar-refractivity contribution in [2.45, 2.75) is 40.0 Å². The molecule has 2 atom stereocenters. The molecule has 2 aromatic heterocycles. The highest BCUT2D eigenvalue weighted by Crippen LogP contribution is 2.43. The predicted molar refractivity (Wildman–Crippen MR) is 139 cm³/mol. The Morgan fingerprint density at radius 1 is 1.14 bits per heavy atom. The van der Waals surface area contributed by atoms with Crippen LogP contribution in [-0.2, 0) is 36.5 Å². The number of carbonyl (C=O) groups excluding carboxylic acids is 1. The normalized spacial score (nSPS) is 12.9. The number of fused-ring (bicyclic) bond motifs is 1. The summed E-state index contributed by atoms with van der Waals surface area (Å²) < 4.78 is 34.1. The lowest BCUT2D eigenvalue weighted by molar-refractivity contribution is -0.108. The zero-order valence-electron chi connectivity index (χ0n) is 21.7. The third-order valence-electron chi connectivity index (χ3n) is 4.46. The molecule has 36 heavy (non-hydrogen) atoms. The van der Waals surface area contributed by atoms with Crippen LogP contribution in [0.3, 0.4) is 0 Å². The van der Waals surface area contributed by atoms with Gasteiger partial charge in [-0.1, -0.05) is 30.3 Å². The van der Waals surface area contributed by atoms with Crippen LogP contribution in [0.1, 0.15) is 26.3 Å². The first-order valence-corrected chi connectivity index (χ1v) is 13.1. The van der Waals surface area contributed by atoms with E-state index < -0.39 is 13.6 Å². The van der Waals surface area contributed by atoms with Gasteiger partial charge < -0.3 is 33.8 Å². The number of rotatable bonds is 11. The summed E-state index contributed by atoms with van der Waals surface area (Å²) in [5.41, 5.74) is 7.80. The number of methoxy groups -OCH3 is 3. The third kappa shape index (κ3) is 10.4. The number of imidazole rings is 1. The fourth-order valence-electron chi connectivity index (χ4n) is 2.68. The van der Waals surface area contributed by atoms with E-state index in [1.165, 1.54) is 14.2 Å². The molecular weight excluding hydrogens is 487 g/mol. The Hall–Kier alpha value is -2.89. The number of hydrogen-bond acceptors (Lipinski definition) is 10. The van der Waals surface area contributed by atoms with Gasteiger partial charge in [0.25, 0.3) is 7.52 Å². The van der Waals surface area contributed by atoms with Crippen molar-refractivity contribution >= 4 is 30.9 Å². The van der Waals surface area contributed by atoms with E-state index in [1.54, 1.807) is 20.4 Å². The Morgan fingerprint density at radius 2 is 1.81 bits per heavy atom. The van der Waals surface area contributed by atoms with Crippen LogP contribution in [0.2, 0.25) is 0 Å². The number of aryl methyl sites for hydroxylation is 1. The van der Waals surface area contributed by atoms with Crippen LogP contribution in [0.5, 0.6) is 5.88 Å². The molecule has 0 bridgehead atoms. The summed E-state index contributed by atoms with van der Waals surface area (Å²) in [6.45, 7) is 7.39. The fourth-order valence-corrected chi connectivity index (χ4v) is 4.29. The number of benzene rings is 1. The molecule has 0 saturated heterocycles. The largest absolute Gasteiger partial charge is 0.479 e. The molecule has 0 aliphatic carbocycles. The molecule has 0 amide bonds. The zero-order chi connectivity index (χ0) is 27.0. The second kappa shape index (κ2) is 16.7. The van der Waals surface area contributed by atoms with Gasteiger partial charge in [0, 0.05) is 27.4 Å². The van der Waals surface area contributed by atoms with Gasteiger partial charge in [-0.25, -0.2) is 10.1 Å². The fraction of sp³-hybridized carbons (Fsp3) is 0.478. The molecule has 3 N–H and O–H groups in total. The minimum atomic E-state index is -3.16. The number of carbonyl (C=O) groups is 1. The molecule has 12 nitrogen and oxygen atoms in total. The number of nitrogen functional groups attached to an aromatic ring is 1. The minimum absolute atomic E-state index is 0.0714. The number of hydrogen-bond donors (Lipinski definition) is 2. The number of nitrogens with two attached hydrogens (primary N) is 1. The van der Waals surface area contributed by atoms with Crippen LogP contribution in [-0.4, -0.2) is 66.1 Å². The summed E-state index contributed by atoms with van der Waals surface area (Å²) in [7, 11) is 1.49. The maximum atomic E-state index is 12.3. The molecule has 2 unspecified atom stereocenters. The van der Waals surface area contributed by atoms with Crippen molar-refractivity contribution in [2.75, 3.05) is 40.0 Å². The first kappa shape index (κ1) is 31.1. The van der Waals surface area contributed by atoms with Gasteiger partial charge in [0.15, 0.2) is 11.2 Å². The lowest BCUT2D eigenvalue weighted by Gasteiger charge is -2.20. The molecule has 3 aromatic rings. The molecule has 3 rings (SSSR count). The molecular formula is C23H37N6O6P. The Labute approximate surface area is 212 Å². The second-order valence-corrected chi connectivity index (χ2v) is 9.40. The van der Waals surface area contributed by atoms with Gasteiger partial charge in [0.1, 0.15) is 12.6 Å². The molecule has 0 fully saturated rings. The van der Waals surface area contributed by atoms with Crippen molar-refractivity contribution in [3.63, 3.8) is 0 Å². The topological polar surface area (TPSA) is 153 Å². The molecule has 0 aliphatic heterocycles. The summed E-state index contributed by atoms with van der Waals surface area (Å²) in [6, 6.07) is 8.86. The van der Waals surface area contributed by atoms with Gasteiger partial charge in [-0.05, 0) is 26.3 Å². The molecule has 1 aromatic carbocycles. The molecule has 2 heterocycles. The monoisotopic (exact) mass is 524 g/mol. The predicted octanol–water partition coefficient (Wildman–Crippen LogP) is 3.27. The maximum absolute atomic E-state index is 12.3. The molecule has 0 saturated carbocycles. The molecule has 0 spiro atoms. The number of nitrogens with zero attached hydrogens (tertiary/aromatic N) is 4. The van der Waals surface area contributed by atoms with Crippen LogP contribution in [0, 0.1) is 0 Å². The smallest absolute Gasteiger partial charge is 0.295 e. The van der Waals surface area contributed by atoms with E-state index in [9.17, 15) is 9.36 Å². The minimum Gasteiger partial charge on any atom is -0.479 e. The molecule has 0 aliphatic rings. The van der Waals surface area contributed by atoms with Gasteiger partial charge in [-0.15, -0.1) is 0 Å². The Balaban J connectivity index is 0.000000320. The standard InChI is InChI=1S/C12H18NO4P.C8H11N5O.C3H8O/c1-11(8-14)13-18(15,10-16-2)17-9-12-6-4-3-5-7-12;1-3-13-4-10-5-6(13)11-8(9)12-7(5)14-2;1-3-4-2/h3-8,11H,9-10H2,1-2H3,(H,13,15);4H,3H2,1-2H3,(H2,9,11,12);3H2,1-2H3. The summed E-state index contributed by atoms with van der Waals surface area (Å²) in [5.74, 6) is 0.615. The highest BCUT2D eigenvalue weighted by Gasteiger charge is 2.25. The van der Waals surface area contributed by atoms with E-state index in [2.05, 4.69) is 24.8 Å². The Bertz CT molecular complexity index is 1080. The van der Waals surface area contributed by atoms with E-state index in [0.717, 1.165) is 18.7 Å². The summed E-state index contributed by atoms with van der Waals surface area (Å²) >= 11 is 0. The average Bonchev–Trinajstić information content (AvgIpc) is 3.31. The van der Waals surface area contributed by atoms with Crippen molar-refractivity contribution in [1.82, 2.24) is 24.6 Å². The highest BCUT2D eigenvalue weighted by atomic mass is 31.2. The van der Waals surface area contributed by atoms with E-state index in [1.807, 2.05) is 48.7 Å². The van der Waals surface area contributed by atoms with Crippen molar-refractivity contribution in [3.8, 4) is 5.88 Å². The average molecular weight is 525 g/mol. The first-order chi connectivity index (χ1) is 17.3. The van der Waals surface area contributed by atoms with Crippen LogP contribution < -0.4 is 15.6 Å². The van der Waals surface area contributed by atoms with Gasteiger partial charge in [-0.3, -0.25) is 4.57 Å². The summed E-state index contributed by atoms with van der Waals surface area (Å²) in [6.07, 6.45) is 2.30. The van der Waals surface area contributed by atoms with Gasteiger partial charge >= 0.3 is 0 Å². The van der Waals surface area contributed by atoms with Crippen LogP contribution in [0.4, 0.5) is 5.95 Å². The summed E-state index contributed by atoms with van der Waals surface area (Å²) in [5, 5.41) is 2.65. The Kier molecular flexibility index (Phi) is 14.5. The number of ether oxygens (including phenoxy) is 3. The molecule has 0 radical (unpaired) electrons. The van der Waals surface area contributed by atoms with E-state index in [4.69, 9.17) is 19.7 Å². The van der Waals surface area contributed by atoms with Crippen molar-refractivity contribution in [3.05, 3.63) is 42.2 Å². The van der Waals surface area contributed by atoms with Gasteiger partial charge in [0.2, 0.25) is 11.8 Å². The Morgan fingerprint density at radius 3 is 2.33 bits per heavy atom. The van der Waals surface area contributed by atoms with Crippen molar-refractivity contribution in [2.24, 2.45) is 0 Å². The number of anilines is 1. The summed E-state index contributed by atoms with van der Waals surface area (Å²) in [4.78, 5) is 22.8. The quantitative estimate of drug-likeness (QED) is 0.281. The third-order valence-corrected chi connectivity index (χ3v) is 6.40. The zero-order valence-corrected chi connectivity index (χ0v) is 22.6. The van der Waals surface area contributed by atoms with Crippen LogP contribution in [0.15, 0.2) is 36.7 Å². The van der Waals surface area contributed by atoms with Gasteiger partial charge in [0.05, 0.1) is 26.1 Å². The lowest BCUT2D eigenvalue weighted by Crippen LogP contribution is -2.27. The van der Waals surface area contributed by atoms with E-state index in [0.29, 0.717) is 23.3 Å². The van der Waals surface area contributed by atoms with Crippen LogP contribution >= 0.6 is 7.52 Å². The SMILES string of the molecule is CCOC.CCn1cnc2c(OC)nc(N)nc21.COCP(=O)(NC(C)C=O)OCc1ccccc1. The van der Waals surface area contributed by atoms with Crippen LogP contribution in [0.25, 0.3) is 11.2 Å². The first-order valence-electron chi connectivity index (χ1n) is 11.3. The van der Waals surface area contributed by atoms with E-state index in [-0.39, 0.29) is 18.9 Å². The molecule has 13 heteroatoms. The number of aromatic nitrogens is 4. The second-order valence-electron chi connectivity index (χ2n) is 7.28. The lowest BCUT2D eigenvalue weighted by atomic mass is 10.2. The van der Waals surface area contributed by atoms with Crippen molar-refractivity contribution < 1.29 is 28.1 Å². The number of nitrogens with one attached hydrogen (secondary N) is 1. The highest BCUT2D eigenvalue weighted by molar-refractivity contribution is 7.56.